The fourth-order valence-electron chi connectivity index (χ4n) is 3.28. The maximum absolute atomic E-state index is 12.1. The third-order valence-electron chi connectivity index (χ3n) is 4.10. The molecule has 2 nitrogen and oxygen atoms in total. The predicted molar refractivity (Wildman–Crippen MR) is 69.3 cm³/mol. The Bertz CT molecular complexity index is 471. The van der Waals surface area contributed by atoms with E-state index in [4.69, 9.17) is 11.6 Å². The summed E-state index contributed by atoms with van der Waals surface area (Å²) in [6.45, 7) is 2.27. The third kappa shape index (κ3) is 1.85. The summed E-state index contributed by atoms with van der Waals surface area (Å²) in [6, 6.07) is 5.69. The zero-order chi connectivity index (χ0) is 12.0. The highest BCUT2D eigenvalue weighted by Crippen LogP contribution is 2.46. The number of fused-ring (bicyclic) bond motifs is 1. The molecule has 3 rings (SSSR count). The number of anilines is 1. The molecule has 3 unspecified atom stereocenters. The molecule has 1 aliphatic heterocycles. The first-order chi connectivity index (χ1) is 8.15. The van der Waals surface area contributed by atoms with Crippen molar-refractivity contribution in [1.29, 1.82) is 0 Å². The standard InChI is InChI=1S/C14H16ClNO/c1-8-2-3-9(6-8)13-11-7-10(15)4-5-12(11)16-14(13)17/h4-5,7-9,13H,2-3,6H2,1H3,(H,16,17). The van der Waals surface area contributed by atoms with Crippen LogP contribution < -0.4 is 5.32 Å². The van der Waals surface area contributed by atoms with E-state index in [1.165, 1.54) is 6.42 Å². The van der Waals surface area contributed by atoms with Crippen molar-refractivity contribution in [2.24, 2.45) is 11.8 Å². The number of nitrogens with one attached hydrogen (secondary N) is 1. The van der Waals surface area contributed by atoms with Crippen LogP contribution in [0.3, 0.4) is 0 Å². The number of carbonyl (C=O) groups excluding carboxylic acids is 1. The Morgan fingerprint density at radius 2 is 2.18 bits per heavy atom. The molecule has 17 heavy (non-hydrogen) atoms. The van der Waals surface area contributed by atoms with Crippen LogP contribution in [0.5, 0.6) is 0 Å². The van der Waals surface area contributed by atoms with Crippen LogP contribution in [0.4, 0.5) is 5.69 Å². The summed E-state index contributed by atoms with van der Waals surface area (Å²) in [4.78, 5) is 12.1. The van der Waals surface area contributed by atoms with Gasteiger partial charge in [0.25, 0.3) is 0 Å². The molecule has 1 aromatic carbocycles. The zero-order valence-corrected chi connectivity index (χ0v) is 10.6. The first-order valence-electron chi connectivity index (χ1n) is 6.25. The van der Waals surface area contributed by atoms with E-state index in [-0.39, 0.29) is 11.8 Å². The van der Waals surface area contributed by atoms with E-state index < -0.39 is 0 Å². The number of hydrogen-bond donors (Lipinski definition) is 1. The van der Waals surface area contributed by atoms with Crippen LogP contribution >= 0.6 is 11.6 Å². The van der Waals surface area contributed by atoms with Crippen molar-refractivity contribution in [2.45, 2.75) is 32.1 Å². The highest BCUT2D eigenvalue weighted by Gasteiger charge is 2.39. The zero-order valence-electron chi connectivity index (χ0n) is 9.87. The average molecular weight is 250 g/mol. The fraction of sp³-hybridized carbons (Fsp3) is 0.500. The first-order valence-corrected chi connectivity index (χ1v) is 6.63. The van der Waals surface area contributed by atoms with Gasteiger partial charge in [0.2, 0.25) is 5.91 Å². The number of amides is 1. The molecular weight excluding hydrogens is 234 g/mol. The smallest absolute Gasteiger partial charge is 0.232 e. The summed E-state index contributed by atoms with van der Waals surface area (Å²) in [6.07, 6.45) is 3.56. The van der Waals surface area contributed by atoms with Crippen LogP contribution in [0.25, 0.3) is 0 Å². The first kappa shape index (κ1) is 11.1. The van der Waals surface area contributed by atoms with Crippen molar-refractivity contribution < 1.29 is 4.79 Å². The second-order valence-corrected chi connectivity index (χ2v) is 5.81. The van der Waals surface area contributed by atoms with E-state index in [0.29, 0.717) is 5.92 Å². The second-order valence-electron chi connectivity index (χ2n) is 5.38. The summed E-state index contributed by atoms with van der Waals surface area (Å²) in [5.74, 6) is 1.41. The Labute approximate surface area is 106 Å². The van der Waals surface area contributed by atoms with Gasteiger partial charge in [-0.05, 0) is 48.4 Å². The van der Waals surface area contributed by atoms with Gasteiger partial charge >= 0.3 is 0 Å². The van der Waals surface area contributed by atoms with Crippen molar-refractivity contribution in [3.8, 4) is 0 Å². The lowest BCUT2D eigenvalue weighted by molar-refractivity contribution is -0.118. The summed E-state index contributed by atoms with van der Waals surface area (Å²) in [7, 11) is 0. The largest absolute Gasteiger partial charge is 0.325 e. The van der Waals surface area contributed by atoms with Gasteiger partial charge in [0, 0.05) is 10.7 Å². The quantitative estimate of drug-likeness (QED) is 0.806. The molecule has 1 fully saturated rings. The van der Waals surface area contributed by atoms with Crippen LogP contribution in [-0.4, -0.2) is 5.91 Å². The highest BCUT2D eigenvalue weighted by atomic mass is 35.5. The number of carbonyl (C=O) groups is 1. The van der Waals surface area contributed by atoms with Gasteiger partial charge in [-0.2, -0.15) is 0 Å². The van der Waals surface area contributed by atoms with Gasteiger partial charge in [0.05, 0.1) is 5.92 Å². The van der Waals surface area contributed by atoms with E-state index >= 15 is 0 Å². The van der Waals surface area contributed by atoms with Crippen LogP contribution in [0.1, 0.15) is 37.7 Å². The molecule has 0 aromatic heterocycles. The molecule has 1 heterocycles. The van der Waals surface area contributed by atoms with Crippen molar-refractivity contribution in [1.82, 2.24) is 0 Å². The van der Waals surface area contributed by atoms with Gasteiger partial charge in [-0.15, -0.1) is 0 Å². The molecule has 1 saturated carbocycles. The van der Waals surface area contributed by atoms with E-state index in [0.717, 1.165) is 35.0 Å². The van der Waals surface area contributed by atoms with Gasteiger partial charge in [0.15, 0.2) is 0 Å². The number of halogens is 1. The lowest BCUT2D eigenvalue weighted by Crippen LogP contribution is -2.19. The second kappa shape index (κ2) is 4.02. The summed E-state index contributed by atoms with van der Waals surface area (Å²) in [5.41, 5.74) is 2.05. The molecule has 1 aliphatic carbocycles. The van der Waals surface area contributed by atoms with Gasteiger partial charge in [-0.3, -0.25) is 4.79 Å². The van der Waals surface area contributed by atoms with Gasteiger partial charge in [-0.1, -0.05) is 24.9 Å². The van der Waals surface area contributed by atoms with E-state index in [1.807, 2.05) is 18.2 Å². The van der Waals surface area contributed by atoms with Gasteiger partial charge in [0.1, 0.15) is 0 Å². The highest BCUT2D eigenvalue weighted by molar-refractivity contribution is 6.31. The SMILES string of the molecule is CC1CCC(C2C(=O)Nc3ccc(Cl)cc32)C1. The number of rotatable bonds is 1. The van der Waals surface area contributed by atoms with Crippen molar-refractivity contribution in [2.75, 3.05) is 5.32 Å². The monoisotopic (exact) mass is 249 g/mol. The molecule has 0 spiro atoms. The van der Waals surface area contributed by atoms with Crippen LogP contribution in [0.2, 0.25) is 5.02 Å². The minimum Gasteiger partial charge on any atom is -0.325 e. The third-order valence-corrected chi connectivity index (χ3v) is 4.33. The van der Waals surface area contributed by atoms with Crippen molar-refractivity contribution in [3.05, 3.63) is 28.8 Å². The summed E-state index contributed by atoms with van der Waals surface area (Å²) in [5, 5.41) is 3.69. The molecule has 1 N–H and O–H groups in total. The minimum absolute atomic E-state index is 0.0219. The molecule has 1 aromatic rings. The van der Waals surface area contributed by atoms with Gasteiger partial charge in [-0.25, -0.2) is 0 Å². The molecule has 3 atom stereocenters. The Kier molecular flexibility index (Phi) is 2.62. The molecule has 0 bridgehead atoms. The number of hydrogen-bond acceptors (Lipinski definition) is 1. The minimum atomic E-state index is 0.0219. The van der Waals surface area contributed by atoms with Crippen LogP contribution in [0.15, 0.2) is 18.2 Å². The predicted octanol–water partition coefficient (Wildman–Crippen LogP) is 3.81. The summed E-state index contributed by atoms with van der Waals surface area (Å²) >= 11 is 6.03. The molecule has 1 amide bonds. The fourth-order valence-corrected chi connectivity index (χ4v) is 3.46. The average Bonchev–Trinajstić information content (AvgIpc) is 2.81. The van der Waals surface area contributed by atoms with E-state index in [2.05, 4.69) is 12.2 Å². The maximum Gasteiger partial charge on any atom is 0.232 e. The van der Waals surface area contributed by atoms with Crippen molar-refractivity contribution >= 4 is 23.2 Å². The van der Waals surface area contributed by atoms with Crippen molar-refractivity contribution in [3.63, 3.8) is 0 Å². The van der Waals surface area contributed by atoms with E-state index in [9.17, 15) is 4.79 Å². The Hall–Kier alpha value is -1.02. The molecule has 90 valence electrons. The lowest BCUT2D eigenvalue weighted by Gasteiger charge is -2.16. The Morgan fingerprint density at radius 3 is 2.88 bits per heavy atom. The number of benzene rings is 1. The maximum atomic E-state index is 12.1. The normalized spacial score (nSPS) is 31.4. The molecule has 0 saturated heterocycles. The van der Waals surface area contributed by atoms with Crippen LogP contribution in [0, 0.1) is 11.8 Å². The summed E-state index contributed by atoms with van der Waals surface area (Å²) < 4.78 is 0. The Balaban J connectivity index is 1.96. The van der Waals surface area contributed by atoms with Crippen LogP contribution in [-0.2, 0) is 4.79 Å². The van der Waals surface area contributed by atoms with Gasteiger partial charge < -0.3 is 5.32 Å². The van der Waals surface area contributed by atoms with E-state index in [1.54, 1.807) is 0 Å². The molecule has 2 aliphatic rings. The Morgan fingerprint density at radius 1 is 1.35 bits per heavy atom. The molecular formula is C14H16ClNO. The molecule has 3 heteroatoms. The lowest BCUT2D eigenvalue weighted by atomic mass is 9.85. The molecule has 0 radical (unpaired) electrons. The topological polar surface area (TPSA) is 29.1 Å².